The van der Waals surface area contributed by atoms with E-state index in [0.29, 0.717) is 23.7 Å². The SMILES string of the molecule is Nc1nc(CC(=O)NC2CCC(CC(=O)O)OB2O)cs1. The number of carbonyl (C=O) groups excluding carboxylic acids is 1. The van der Waals surface area contributed by atoms with E-state index in [1.165, 1.54) is 11.3 Å². The molecule has 1 aromatic heterocycles. The van der Waals surface area contributed by atoms with E-state index in [2.05, 4.69) is 10.3 Å². The van der Waals surface area contributed by atoms with Gasteiger partial charge in [0.15, 0.2) is 5.13 Å². The number of carboxylic acids is 1. The third-order valence-corrected chi connectivity index (χ3v) is 3.86. The van der Waals surface area contributed by atoms with Gasteiger partial charge in [0.05, 0.1) is 30.6 Å². The maximum Gasteiger partial charge on any atom is 0.478 e. The van der Waals surface area contributed by atoms with Crippen LogP contribution in [0, 0.1) is 0 Å². The fraction of sp³-hybridized carbons (Fsp3) is 0.545. The topological polar surface area (TPSA) is 135 Å². The molecule has 0 radical (unpaired) electrons. The summed E-state index contributed by atoms with van der Waals surface area (Å²) in [5, 5.41) is 23.3. The summed E-state index contributed by atoms with van der Waals surface area (Å²) < 4.78 is 5.19. The number of nitrogens with zero attached hydrogens (tertiary/aromatic N) is 1. The Kier molecular flexibility index (Phi) is 5.15. The maximum absolute atomic E-state index is 11.8. The van der Waals surface area contributed by atoms with Gasteiger partial charge in [0.2, 0.25) is 5.91 Å². The number of carboxylic acid groups (broad SMARTS) is 1. The number of thiazole rings is 1. The standard InChI is InChI=1S/C11H16BN3O5S/c13-11-14-6(5-21-11)3-9(16)15-8-2-1-7(4-10(17)18)20-12(8)19/h5,7-8,19H,1-4H2,(H2,13,14)(H,15,16)(H,17,18). The Bertz CT molecular complexity index is 526. The van der Waals surface area contributed by atoms with Crippen molar-refractivity contribution in [2.45, 2.75) is 37.7 Å². The number of nitrogens with one attached hydrogen (secondary N) is 1. The molecule has 2 heterocycles. The van der Waals surface area contributed by atoms with Gasteiger partial charge in [0, 0.05) is 5.38 Å². The largest absolute Gasteiger partial charge is 0.481 e. The number of hydrogen-bond donors (Lipinski definition) is 4. The molecule has 1 aromatic rings. The summed E-state index contributed by atoms with van der Waals surface area (Å²) in [6.45, 7) is 0. The van der Waals surface area contributed by atoms with Crippen molar-refractivity contribution in [1.82, 2.24) is 10.3 Å². The minimum absolute atomic E-state index is 0.0788. The molecule has 21 heavy (non-hydrogen) atoms. The van der Waals surface area contributed by atoms with Gasteiger partial charge in [0.1, 0.15) is 0 Å². The third-order valence-electron chi connectivity index (χ3n) is 3.14. The van der Waals surface area contributed by atoms with Gasteiger partial charge < -0.3 is 25.8 Å². The van der Waals surface area contributed by atoms with Gasteiger partial charge in [0.25, 0.3) is 0 Å². The first-order valence-corrected chi connectivity index (χ1v) is 7.36. The minimum atomic E-state index is -1.20. The molecule has 1 aliphatic rings. The van der Waals surface area contributed by atoms with Crippen molar-refractivity contribution >= 4 is 35.5 Å². The van der Waals surface area contributed by atoms with Crippen molar-refractivity contribution in [2.75, 3.05) is 5.73 Å². The van der Waals surface area contributed by atoms with Crippen LogP contribution in [0.1, 0.15) is 25.0 Å². The Morgan fingerprint density at radius 2 is 2.33 bits per heavy atom. The van der Waals surface area contributed by atoms with Crippen molar-refractivity contribution in [3.8, 4) is 0 Å². The molecule has 114 valence electrons. The van der Waals surface area contributed by atoms with Gasteiger partial charge in [-0.2, -0.15) is 0 Å². The zero-order valence-corrected chi connectivity index (χ0v) is 12.0. The monoisotopic (exact) mass is 313 g/mol. The van der Waals surface area contributed by atoms with Crippen LogP contribution in [0.4, 0.5) is 5.13 Å². The summed E-state index contributed by atoms with van der Waals surface area (Å²) in [5.74, 6) is -1.81. The molecule has 10 heteroatoms. The van der Waals surface area contributed by atoms with Crippen LogP contribution in [-0.4, -0.2) is 46.2 Å². The number of carbonyl (C=O) groups is 2. The lowest BCUT2D eigenvalue weighted by atomic mass is 9.72. The number of rotatable bonds is 5. The smallest absolute Gasteiger partial charge is 0.478 e. The number of anilines is 1. The molecular weight excluding hydrogens is 297 g/mol. The van der Waals surface area contributed by atoms with Crippen LogP contribution in [0.5, 0.6) is 0 Å². The molecule has 0 bridgehead atoms. The second-order valence-electron chi connectivity index (χ2n) is 4.85. The first-order chi connectivity index (χ1) is 9.94. The maximum atomic E-state index is 11.8. The molecular formula is C11H16BN3O5S. The lowest BCUT2D eigenvalue weighted by Gasteiger charge is -2.30. The minimum Gasteiger partial charge on any atom is -0.481 e. The first kappa shape index (κ1) is 15.7. The van der Waals surface area contributed by atoms with Crippen LogP contribution in [-0.2, 0) is 20.7 Å². The molecule has 2 unspecified atom stereocenters. The van der Waals surface area contributed by atoms with Crippen molar-refractivity contribution in [3.63, 3.8) is 0 Å². The van der Waals surface area contributed by atoms with Gasteiger partial charge in [-0.15, -0.1) is 11.3 Å². The Morgan fingerprint density at radius 1 is 1.57 bits per heavy atom. The van der Waals surface area contributed by atoms with Crippen LogP contribution < -0.4 is 11.1 Å². The molecule has 1 fully saturated rings. The van der Waals surface area contributed by atoms with E-state index in [4.69, 9.17) is 15.5 Å². The second-order valence-corrected chi connectivity index (χ2v) is 5.74. The molecule has 0 aliphatic carbocycles. The molecule has 2 rings (SSSR count). The highest BCUT2D eigenvalue weighted by Crippen LogP contribution is 2.19. The van der Waals surface area contributed by atoms with E-state index >= 15 is 0 Å². The highest BCUT2D eigenvalue weighted by molar-refractivity contribution is 7.13. The van der Waals surface area contributed by atoms with E-state index in [9.17, 15) is 14.6 Å². The van der Waals surface area contributed by atoms with Gasteiger partial charge >= 0.3 is 13.1 Å². The van der Waals surface area contributed by atoms with Gasteiger partial charge in [-0.25, -0.2) is 4.98 Å². The molecule has 1 saturated heterocycles. The normalized spacial score (nSPS) is 22.0. The molecule has 1 amide bonds. The number of aliphatic carboxylic acids is 1. The first-order valence-electron chi connectivity index (χ1n) is 6.48. The van der Waals surface area contributed by atoms with Crippen LogP contribution in [0.3, 0.4) is 0 Å². The molecule has 2 atom stereocenters. The van der Waals surface area contributed by atoms with Gasteiger partial charge in [-0.1, -0.05) is 0 Å². The highest BCUT2D eigenvalue weighted by Gasteiger charge is 2.36. The van der Waals surface area contributed by atoms with Crippen molar-refractivity contribution in [3.05, 3.63) is 11.1 Å². The zero-order valence-electron chi connectivity index (χ0n) is 11.2. The number of nitrogen functional groups attached to an aromatic ring is 1. The Morgan fingerprint density at radius 3 is 2.90 bits per heavy atom. The summed E-state index contributed by atoms with van der Waals surface area (Å²) in [7, 11) is -1.20. The van der Waals surface area contributed by atoms with E-state index in [-0.39, 0.29) is 18.7 Å². The van der Waals surface area contributed by atoms with Crippen LogP contribution in [0.2, 0.25) is 0 Å². The zero-order chi connectivity index (χ0) is 15.4. The van der Waals surface area contributed by atoms with Gasteiger partial charge in [-0.05, 0) is 12.8 Å². The molecule has 8 nitrogen and oxygen atoms in total. The van der Waals surface area contributed by atoms with E-state index in [0.717, 1.165) is 0 Å². The van der Waals surface area contributed by atoms with Crippen molar-refractivity contribution in [1.29, 1.82) is 0 Å². The number of amides is 1. The Labute approximate surface area is 125 Å². The predicted molar refractivity (Wildman–Crippen MR) is 76.5 cm³/mol. The molecule has 1 aliphatic heterocycles. The van der Waals surface area contributed by atoms with Crippen molar-refractivity contribution in [2.24, 2.45) is 0 Å². The predicted octanol–water partition coefficient (Wildman–Crippen LogP) is -0.574. The second kappa shape index (κ2) is 6.88. The molecule has 0 saturated carbocycles. The Balaban J connectivity index is 1.80. The average Bonchev–Trinajstić information content (AvgIpc) is 2.77. The van der Waals surface area contributed by atoms with Crippen LogP contribution >= 0.6 is 11.3 Å². The molecule has 5 N–H and O–H groups in total. The Hall–Kier alpha value is -1.65. The van der Waals surface area contributed by atoms with Crippen LogP contribution in [0.25, 0.3) is 0 Å². The van der Waals surface area contributed by atoms with E-state index in [1.807, 2.05) is 0 Å². The quantitative estimate of drug-likeness (QED) is 0.534. The summed E-state index contributed by atoms with van der Waals surface area (Å²) in [5.41, 5.74) is 6.06. The van der Waals surface area contributed by atoms with E-state index in [1.54, 1.807) is 5.38 Å². The highest BCUT2D eigenvalue weighted by atomic mass is 32.1. The lowest BCUT2D eigenvalue weighted by molar-refractivity contribution is -0.139. The van der Waals surface area contributed by atoms with Crippen molar-refractivity contribution < 1.29 is 24.4 Å². The fourth-order valence-corrected chi connectivity index (χ4v) is 2.75. The third kappa shape index (κ3) is 4.69. The summed E-state index contributed by atoms with van der Waals surface area (Å²) in [6.07, 6.45) is 0.330. The summed E-state index contributed by atoms with van der Waals surface area (Å²) in [4.78, 5) is 26.4. The summed E-state index contributed by atoms with van der Waals surface area (Å²) >= 11 is 1.26. The number of hydrogen-bond acceptors (Lipinski definition) is 7. The lowest BCUT2D eigenvalue weighted by Crippen LogP contribution is -2.53. The van der Waals surface area contributed by atoms with Crippen LogP contribution in [0.15, 0.2) is 5.38 Å². The van der Waals surface area contributed by atoms with E-state index < -0.39 is 25.1 Å². The van der Waals surface area contributed by atoms with Gasteiger partial charge in [-0.3, -0.25) is 9.59 Å². The molecule has 0 aromatic carbocycles. The average molecular weight is 313 g/mol. The molecule has 0 spiro atoms. The number of aromatic nitrogens is 1. The summed E-state index contributed by atoms with van der Waals surface area (Å²) in [6, 6.07) is 0. The fourth-order valence-electron chi connectivity index (χ4n) is 2.18. The number of nitrogens with two attached hydrogens (primary N) is 1.